The van der Waals surface area contributed by atoms with Crippen molar-refractivity contribution in [3.05, 3.63) is 12.4 Å². The molecule has 0 spiro atoms. The number of aliphatic hydroxyl groups is 2. The lowest BCUT2D eigenvalue weighted by molar-refractivity contribution is -0.0891. The molecular formula is C12H12FN5O3. The van der Waals surface area contributed by atoms with E-state index >= 15 is 0 Å². The lowest BCUT2D eigenvalue weighted by atomic mass is 9.99. The zero-order valence-electron chi connectivity index (χ0n) is 10.8. The summed E-state index contributed by atoms with van der Waals surface area (Å²) in [6, 6.07) is 0. The lowest BCUT2D eigenvalue weighted by Gasteiger charge is -2.23. The van der Waals surface area contributed by atoms with Gasteiger partial charge in [-0.1, -0.05) is 5.92 Å². The van der Waals surface area contributed by atoms with Gasteiger partial charge >= 0.3 is 6.08 Å². The van der Waals surface area contributed by atoms with E-state index in [0.29, 0.717) is 0 Å². The van der Waals surface area contributed by atoms with Crippen LogP contribution in [0.15, 0.2) is 6.33 Å². The van der Waals surface area contributed by atoms with Crippen molar-refractivity contribution in [2.45, 2.75) is 24.4 Å². The number of anilines is 1. The van der Waals surface area contributed by atoms with E-state index in [1.807, 2.05) is 0 Å². The average molecular weight is 293 g/mol. The van der Waals surface area contributed by atoms with Crippen LogP contribution < -0.4 is 5.73 Å². The molecule has 3 heterocycles. The van der Waals surface area contributed by atoms with Gasteiger partial charge in [0.25, 0.3) is 0 Å². The third kappa shape index (κ3) is 1.92. The van der Waals surface area contributed by atoms with Crippen LogP contribution in [0.2, 0.25) is 0 Å². The van der Waals surface area contributed by atoms with E-state index in [0.717, 1.165) is 0 Å². The molecule has 0 bridgehead atoms. The molecule has 0 aliphatic carbocycles. The average Bonchev–Trinajstić information content (AvgIpc) is 3.00. The van der Waals surface area contributed by atoms with Crippen LogP contribution in [0.3, 0.4) is 0 Å². The molecule has 1 saturated heterocycles. The number of nitrogen functional groups attached to an aromatic ring is 1. The van der Waals surface area contributed by atoms with Crippen LogP contribution in [-0.4, -0.2) is 48.0 Å². The summed E-state index contributed by atoms with van der Waals surface area (Å²) < 4.78 is 20.2. The van der Waals surface area contributed by atoms with E-state index in [9.17, 15) is 14.6 Å². The molecule has 1 unspecified atom stereocenters. The topological polar surface area (TPSA) is 119 Å². The van der Waals surface area contributed by atoms with Gasteiger partial charge in [-0.3, -0.25) is 4.57 Å². The molecule has 3 rings (SSSR count). The number of nitrogens with two attached hydrogens (primary N) is 1. The molecule has 1 aliphatic rings. The summed E-state index contributed by atoms with van der Waals surface area (Å²) in [5, 5.41) is 19.3. The fourth-order valence-corrected chi connectivity index (χ4v) is 2.36. The first-order valence-electron chi connectivity index (χ1n) is 6.11. The van der Waals surface area contributed by atoms with Crippen molar-refractivity contribution in [1.82, 2.24) is 19.5 Å². The summed E-state index contributed by atoms with van der Waals surface area (Å²) in [6.07, 6.45) is 3.95. The van der Waals surface area contributed by atoms with E-state index in [4.69, 9.17) is 16.9 Å². The highest BCUT2D eigenvalue weighted by Gasteiger charge is 2.47. The van der Waals surface area contributed by atoms with Gasteiger partial charge in [0.15, 0.2) is 22.6 Å². The van der Waals surface area contributed by atoms with Crippen molar-refractivity contribution < 1.29 is 19.3 Å². The van der Waals surface area contributed by atoms with Crippen LogP contribution in [-0.2, 0) is 4.74 Å². The lowest BCUT2D eigenvalue weighted by Crippen LogP contribution is -2.41. The number of fused-ring (bicyclic) bond motifs is 1. The van der Waals surface area contributed by atoms with Crippen LogP contribution in [0.1, 0.15) is 12.6 Å². The first-order chi connectivity index (χ1) is 10.0. The van der Waals surface area contributed by atoms with Gasteiger partial charge in [-0.25, -0.2) is 4.98 Å². The van der Waals surface area contributed by atoms with Crippen LogP contribution >= 0.6 is 0 Å². The van der Waals surface area contributed by atoms with Gasteiger partial charge in [0.2, 0.25) is 0 Å². The first-order valence-corrected chi connectivity index (χ1v) is 6.11. The van der Waals surface area contributed by atoms with Crippen molar-refractivity contribution in [3.63, 3.8) is 0 Å². The molecule has 1 aliphatic heterocycles. The third-order valence-corrected chi connectivity index (χ3v) is 3.52. The third-order valence-electron chi connectivity index (χ3n) is 3.52. The molecule has 2 aromatic heterocycles. The standard InChI is InChI=1S/C12H12FN5O3/c1-2-12(4-19)6(20)3-7(21-12)18-5-15-8-9(14)16-11(13)17-10(8)18/h1,5-7,19-20H,3-4H2,(H2,14,16,17)/t6-,7?,12+/m0/s1. The molecule has 21 heavy (non-hydrogen) atoms. The number of imidazole rings is 1. The Labute approximate surface area is 118 Å². The fraction of sp³-hybridized carbons (Fsp3) is 0.417. The number of ether oxygens (including phenoxy) is 1. The van der Waals surface area contributed by atoms with Gasteiger partial charge in [0.05, 0.1) is 12.9 Å². The van der Waals surface area contributed by atoms with Gasteiger partial charge < -0.3 is 20.7 Å². The Morgan fingerprint density at radius 3 is 3.00 bits per heavy atom. The molecule has 8 nitrogen and oxygen atoms in total. The van der Waals surface area contributed by atoms with Gasteiger partial charge in [0.1, 0.15) is 12.3 Å². The zero-order valence-corrected chi connectivity index (χ0v) is 10.8. The molecule has 0 amide bonds. The van der Waals surface area contributed by atoms with Gasteiger partial charge in [0, 0.05) is 6.42 Å². The highest BCUT2D eigenvalue weighted by molar-refractivity contribution is 5.81. The number of hydrogen-bond donors (Lipinski definition) is 3. The minimum Gasteiger partial charge on any atom is -0.392 e. The Morgan fingerprint density at radius 2 is 2.38 bits per heavy atom. The van der Waals surface area contributed by atoms with Crippen molar-refractivity contribution in [2.24, 2.45) is 0 Å². The highest BCUT2D eigenvalue weighted by Crippen LogP contribution is 2.37. The highest BCUT2D eigenvalue weighted by atomic mass is 19.1. The SMILES string of the molecule is C#C[C@]1(CO)OC(n2cnc3c(N)nc(F)nc32)C[C@@H]1O. The molecule has 9 heteroatoms. The maximum atomic E-state index is 13.3. The molecule has 2 aromatic rings. The molecule has 4 N–H and O–H groups in total. The molecular weight excluding hydrogens is 281 g/mol. The predicted octanol–water partition coefficient (Wildman–Crippen LogP) is -0.808. The van der Waals surface area contributed by atoms with E-state index in [2.05, 4.69) is 20.9 Å². The summed E-state index contributed by atoms with van der Waals surface area (Å²) >= 11 is 0. The Hall–Kier alpha value is -2.28. The minimum atomic E-state index is -1.50. The molecule has 3 atom stereocenters. The second-order valence-electron chi connectivity index (χ2n) is 4.72. The second-order valence-corrected chi connectivity index (χ2v) is 4.72. The zero-order chi connectivity index (χ0) is 15.2. The van der Waals surface area contributed by atoms with E-state index in [1.165, 1.54) is 10.9 Å². The Balaban J connectivity index is 2.05. The number of hydrogen-bond acceptors (Lipinski definition) is 7. The second kappa shape index (κ2) is 4.63. The van der Waals surface area contributed by atoms with Gasteiger partial charge in [-0.05, 0) is 0 Å². The molecule has 0 radical (unpaired) electrons. The number of nitrogens with zero attached hydrogens (tertiary/aromatic N) is 4. The van der Waals surface area contributed by atoms with E-state index in [-0.39, 0.29) is 23.4 Å². The number of halogens is 1. The smallest absolute Gasteiger partial charge is 0.312 e. The Bertz CT molecular complexity index is 742. The van der Waals surface area contributed by atoms with Gasteiger partial charge in [-0.15, -0.1) is 6.42 Å². The number of aliphatic hydroxyl groups excluding tert-OH is 2. The first kappa shape index (κ1) is 13.7. The van der Waals surface area contributed by atoms with Gasteiger partial charge in [-0.2, -0.15) is 14.4 Å². The summed E-state index contributed by atoms with van der Waals surface area (Å²) in [5.41, 5.74) is 4.42. The Morgan fingerprint density at radius 1 is 1.62 bits per heavy atom. The van der Waals surface area contributed by atoms with Crippen LogP contribution in [0, 0.1) is 18.4 Å². The quantitative estimate of drug-likeness (QED) is 0.489. The van der Waals surface area contributed by atoms with E-state index < -0.39 is 30.6 Å². The van der Waals surface area contributed by atoms with Crippen molar-refractivity contribution in [2.75, 3.05) is 12.3 Å². The normalized spacial score (nSPS) is 28.9. The number of rotatable bonds is 2. The Kier molecular flexibility index (Phi) is 3.02. The summed E-state index contributed by atoms with van der Waals surface area (Å²) in [6.45, 7) is -0.542. The molecule has 1 fully saturated rings. The predicted molar refractivity (Wildman–Crippen MR) is 69.1 cm³/mol. The number of aromatic nitrogens is 4. The monoisotopic (exact) mass is 293 g/mol. The minimum absolute atomic E-state index is 0.0971. The summed E-state index contributed by atoms with van der Waals surface area (Å²) in [4.78, 5) is 11.0. The van der Waals surface area contributed by atoms with Crippen LogP contribution in [0.25, 0.3) is 11.2 Å². The van der Waals surface area contributed by atoms with Crippen molar-refractivity contribution in [1.29, 1.82) is 0 Å². The molecule has 110 valence electrons. The van der Waals surface area contributed by atoms with Crippen molar-refractivity contribution >= 4 is 17.0 Å². The molecule has 0 aromatic carbocycles. The maximum absolute atomic E-state index is 13.3. The summed E-state index contributed by atoms with van der Waals surface area (Å²) in [5.74, 6) is 2.16. The van der Waals surface area contributed by atoms with Crippen LogP contribution in [0.4, 0.5) is 10.2 Å². The van der Waals surface area contributed by atoms with Crippen LogP contribution in [0.5, 0.6) is 0 Å². The number of terminal acetylenes is 1. The van der Waals surface area contributed by atoms with Crippen molar-refractivity contribution in [3.8, 4) is 12.3 Å². The largest absolute Gasteiger partial charge is 0.392 e. The molecule has 0 saturated carbocycles. The maximum Gasteiger partial charge on any atom is 0.312 e. The van der Waals surface area contributed by atoms with E-state index in [1.54, 1.807) is 0 Å². The fourth-order valence-electron chi connectivity index (χ4n) is 2.36. The summed E-state index contributed by atoms with van der Waals surface area (Å²) in [7, 11) is 0.